The van der Waals surface area contributed by atoms with Gasteiger partial charge >= 0.3 is 5.97 Å². The number of ether oxygens (including phenoxy) is 1. The molecule has 0 aliphatic rings. The third-order valence-electron chi connectivity index (χ3n) is 3.54. The van der Waals surface area contributed by atoms with Gasteiger partial charge in [-0.2, -0.15) is 0 Å². The van der Waals surface area contributed by atoms with Crippen molar-refractivity contribution in [3.63, 3.8) is 0 Å². The lowest BCUT2D eigenvalue weighted by atomic mass is 10.0. The van der Waals surface area contributed by atoms with E-state index in [-0.39, 0.29) is 12.0 Å². The minimum atomic E-state index is -0.208. The largest absolute Gasteiger partial charge is 0.469 e. The van der Waals surface area contributed by atoms with Crippen molar-refractivity contribution in [3.8, 4) is 0 Å². The van der Waals surface area contributed by atoms with E-state index < -0.39 is 0 Å². The molecule has 1 atom stereocenters. The van der Waals surface area contributed by atoms with Gasteiger partial charge in [-0.3, -0.25) is 4.79 Å². The van der Waals surface area contributed by atoms with E-state index in [0.29, 0.717) is 6.42 Å². The number of rotatable bonds is 10. The van der Waals surface area contributed by atoms with Crippen molar-refractivity contribution in [2.24, 2.45) is 5.73 Å². The Morgan fingerprint density at radius 2 is 1.75 bits per heavy atom. The summed E-state index contributed by atoms with van der Waals surface area (Å²) in [6, 6.07) is 10.6. The van der Waals surface area contributed by atoms with Crippen LogP contribution in [0.1, 0.15) is 50.5 Å². The number of unbranched alkanes of at least 4 members (excludes halogenated alkanes) is 4. The van der Waals surface area contributed by atoms with Gasteiger partial charge in [0.2, 0.25) is 0 Å². The van der Waals surface area contributed by atoms with Crippen molar-refractivity contribution in [1.82, 2.24) is 0 Å². The number of aryl methyl sites for hydroxylation is 1. The van der Waals surface area contributed by atoms with Gasteiger partial charge in [0.15, 0.2) is 0 Å². The van der Waals surface area contributed by atoms with E-state index in [0.717, 1.165) is 12.8 Å². The summed E-state index contributed by atoms with van der Waals surface area (Å²) < 4.78 is 4.60. The van der Waals surface area contributed by atoms with Crippen LogP contribution < -0.4 is 5.73 Å². The predicted molar refractivity (Wildman–Crippen MR) is 82.5 cm³/mol. The molecule has 3 nitrogen and oxygen atoms in total. The molecule has 0 saturated carbocycles. The Bertz CT molecular complexity index is 365. The van der Waals surface area contributed by atoms with E-state index in [9.17, 15) is 4.79 Å². The van der Waals surface area contributed by atoms with Crippen molar-refractivity contribution in [2.45, 2.75) is 57.4 Å². The molecular weight excluding hydrogens is 250 g/mol. The van der Waals surface area contributed by atoms with E-state index in [1.807, 2.05) is 0 Å². The fourth-order valence-electron chi connectivity index (χ4n) is 2.31. The van der Waals surface area contributed by atoms with Crippen LogP contribution in [-0.4, -0.2) is 19.1 Å². The summed E-state index contributed by atoms with van der Waals surface area (Å²) in [7, 11) is 1.40. The molecule has 0 radical (unpaired) electrons. The number of esters is 1. The molecule has 1 unspecified atom stereocenters. The summed E-state index contributed by atoms with van der Waals surface area (Å²) in [5.41, 5.74) is 7.29. The number of methoxy groups -OCH3 is 1. The molecule has 1 aromatic rings. The lowest BCUT2D eigenvalue weighted by Crippen LogP contribution is -2.24. The molecule has 1 rings (SSSR count). The maximum absolute atomic E-state index is 11.0. The van der Waals surface area contributed by atoms with Crippen LogP contribution in [0.5, 0.6) is 0 Å². The van der Waals surface area contributed by atoms with Gasteiger partial charge < -0.3 is 10.5 Å². The normalized spacial score (nSPS) is 12.1. The van der Waals surface area contributed by atoms with E-state index in [2.05, 4.69) is 35.1 Å². The number of carbonyl (C=O) groups excluding carboxylic acids is 1. The maximum Gasteiger partial charge on any atom is 0.307 e. The van der Waals surface area contributed by atoms with Crippen LogP contribution >= 0.6 is 0 Å². The fraction of sp³-hybridized carbons (Fsp3) is 0.588. The average molecular weight is 277 g/mol. The van der Waals surface area contributed by atoms with Crippen molar-refractivity contribution in [2.75, 3.05) is 7.11 Å². The highest BCUT2D eigenvalue weighted by Crippen LogP contribution is 2.11. The minimum absolute atomic E-state index is 0.0493. The molecule has 0 saturated heterocycles. The number of benzene rings is 1. The number of carbonyl (C=O) groups is 1. The molecule has 2 N–H and O–H groups in total. The highest BCUT2D eigenvalue weighted by Gasteiger charge is 2.08. The van der Waals surface area contributed by atoms with Gasteiger partial charge in [0.05, 0.1) is 13.5 Å². The van der Waals surface area contributed by atoms with Crippen LogP contribution in [0.4, 0.5) is 0 Å². The quantitative estimate of drug-likeness (QED) is 0.526. The maximum atomic E-state index is 11.0. The second-order valence-corrected chi connectivity index (χ2v) is 5.33. The molecule has 112 valence electrons. The molecule has 0 aromatic heterocycles. The topological polar surface area (TPSA) is 52.3 Å². The Hall–Kier alpha value is -1.35. The van der Waals surface area contributed by atoms with Crippen molar-refractivity contribution in [3.05, 3.63) is 35.9 Å². The Morgan fingerprint density at radius 1 is 1.10 bits per heavy atom. The van der Waals surface area contributed by atoms with Crippen LogP contribution in [0.25, 0.3) is 0 Å². The molecule has 0 bridgehead atoms. The van der Waals surface area contributed by atoms with Crippen molar-refractivity contribution in [1.29, 1.82) is 0 Å². The third kappa shape index (κ3) is 7.95. The first-order valence-corrected chi connectivity index (χ1v) is 7.58. The zero-order valence-corrected chi connectivity index (χ0v) is 12.5. The van der Waals surface area contributed by atoms with Gasteiger partial charge in [-0.1, -0.05) is 56.0 Å². The van der Waals surface area contributed by atoms with Gasteiger partial charge in [-0.15, -0.1) is 0 Å². The van der Waals surface area contributed by atoms with Crippen LogP contribution in [0.15, 0.2) is 30.3 Å². The summed E-state index contributed by atoms with van der Waals surface area (Å²) in [5, 5.41) is 0. The van der Waals surface area contributed by atoms with E-state index in [4.69, 9.17) is 5.73 Å². The van der Waals surface area contributed by atoms with E-state index >= 15 is 0 Å². The van der Waals surface area contributed by atoms with Gasteiger partial charge in [-0.25, -0.2) is 0 Å². The summed E-state index contributed by atoms with van der Waals surface area (Å²) in [6.07, 6.45) is 8.48. The third-order valence-corrected chi connectivity index (χ3v) is 3.54. The zero-order chi connectivity index (χ0) is 14.6. The number of nitrogens with two attached hydrogens (primary N) is 1. The van der Waals surface area contributed by atoms with Gasteiger partial charge in [-0.05, 0) is 24.8 Å². The van der Waals surface area contributed by atoms with Crippen molar-refractivity contribution >= 4 is 5.97 Å². The molecule has 0 aliphatic heterocycles. The van der Waals surface area contributed by atoms with Gasteiger partial charge in [0, 0.05) is 6.04 Å². The van der Waals surface area contributed by atoms with E-state index in [1.165, 1.54) is 44.8 Å². The molecule has 0 amide bonds. The second kappa shape index (κ2) is 10.4. The lowest BCUT2D eigenvalue weighted by Gasteiger charge is -2.09. The SMILES string of the molecule is COC(=O)CC(N)CCCCCCCc1ccccc1. The molecule has 0 heterocycles. The van der Waals surface area contributed by atoms with Crippen LogP contribution in [0, 0.1) is 0 Å². The highest BCUT2D eigenvalue weighted by atomic mass is 16.5. The van der Waals surface area contributed by atoms with Crippen LogP contribution in [0.2, 0.25) is 0 Å². The molecule has 3 heteroatoms. The first kappa shape index (κ1) is 16.7. The Balaban J connectivity index is 1.93. The fourth-order valence-corrected chi connectivity index (χ4v) is 2.31. The smallest absolute Gasteiger partial charge is 0.307 e. The molecule has 0 spiro atoms. The molecule has 20 heavy (non-hydrogen) atoms. The molecule has 0 aliphatic carbocycles. The molecule has 1 aromatic carbocycles. The summed E-state index contributed by atoms with van der Waals surface area (Å²) in [6.45, 7) is 0. The second-order valence-electron chi connectivity index (χ2n) is 5.33. The standard InChI is InChI=1S/C17H27NO2/c1-20-17(19)14-16(18)13-9-4-2-3-6-10-15-11-7-5-8-12-15/h5,7-8,11-12,16H,2-4,6,9-10,13-14,18H2,1H3. The average Bonchev–Trinajstić information content (AvgIpc) is 2.47. The number of hydrogen-bond donors (Lipinski definition) is 1. The predicted octanol–water partition coefficient (Wildman–Crippen LogP) is 3.46. The lowest BCUT2D eigenvalue weighted by molar-refractivity contribution is -0.141. The molecule has 0 fully saturated rings. The Morgan fingerprint density at radius 3 is 2.45 bits per heavy atom. The van der Waals surface area contributed by atoms with Crippen molar-refractivity contribution < 1.29 is 9.53 Å². The van der Waals surface area contributed by atoms with Crippen LogP contribution in [0.3, 0.4) is 0 Å². The van der Waals surface area contributed by atoms with Gasteiger partial charge in [0.1, 0.15) is 0 Å². The minimum Gasteiger partial charge on any atom is -0.469 e. The van der Waals surface area contributed by atoms with Gasteiger partial charge in [0.25, 0.3) is 0 Å². The van der Waals surface area contributed by atoms with Crippen LogP contribution in [-0.2, 0) is 16.0 Å². The zero-order valence-electron chi connectivity index (χ0n) is 12.5. The summed E-state index contributed by atoms with van der Waals surface area (Å²) >= 11 is 0. The highest BCUT2D eigenvalue weighted by molar-refractivity contribution is 5.69. The first-order valence-electron chi connectivity index (χ1n) is 7.58. The van der Waals surface area contributed by atoms with E-state index in [1.54, 1.807) is 0 Å². The summed E-state index contributed by atoms with van der Waals surface area (Å²) in [4.78, 5) is 11.0. The Labute approximate surface area is 122 Å². The summed E-state index contributed by atoms with van der Waals surface area (Å²) in [5.74, 6) is -0.208. The monoisotopic (exact) mass is 277 g/mol. The number of hydrogen-bond acceptors (Lipinski definition) is 3. The Kier molecular flexibility index (Phi) is 8.72. The first-order chi connectivity index (χ1) is 9.72. The molecular formula is C17H27NO2.